The Kier molecular flexibility index (Phi) is 5.21. The predicted octanol–water partition coefficient (Wildman–Crippen LogP) is 3.10. The minimum Gasteiger partial charge on any atom is -0.326 e. The Morgan fingerprint density at radius 1 is 1.33 bits per heavy atom. The fourth-order valence-electron chi connectivity index (χ4n) is 1.96. The molecule has 1 heterocycles. The lowest BCUT2D eigenvalue weighted by Crippen LogP contribution is -2.27. The van der Waals surface area contributed by atoms with Crippen molar-refractivity contribution in [2.24, 2.45) is 5.73 Å². The second-order valence-corrected chi connectivity index (χ2v) is 8.72. The minimum atomic E-state index is -3.52. The van der Waals surface area contributed by atoms with Crippen molar-refractivity contribution in [3.63, 3.8) is 0 Å². The van der Waals surface area contributed by atoms with Crippen LogP contribution in [-0.2, 0) is 23.1 Å². The van der Waals surface area contributed by atoms with E-state index < -0.39 is 10.0 Å². The smallest absolute Gasteiger partial charge is 0.243 e. The summed E-state index contributed by atoms with van der Waals surface area (Å²) in [5, 5.41) is 1.94. The fraction of sp³-hybridized carbons (Fsp3) is 0.286. The highest BCUT2D eigenvalue weighted by Gasteiger charge is 2.23. The molecule has 0 aliphatic heterocycles. The Morgan fingerprint density at radius 2 is 2.05 bits per heavy atom. The van der Waals surface area contributed by atoms with Crippen LogP contribution in [0.3, 0.4) is 0 Å². The molecule has 21 heavy (non-hydrogen) atoms. The summed E-state index contributed by atoms with van der Waals surface area (Å²) in [6.07, 6.45) is 0. The van der Waals surface area contributed by atoms with Gasteiger partial charge in [-0.2, -0.15) is 4.31 Å². The second-order valence-electron chi connectivity index (χ2n) is 4.80. The number of sulfonamides is 1. The summed E-state index contributed by atoms with van der Waals surface area (Å²) in [4.78, 5) is 1.31. The maximum absolute atomic E-state index is 12.7. The topological polar surface area (TPSA) is 63.4 Å². The van der Waals surface area contributed by atoms with Gasteiger partial charge in [-0.15, -0.1) is 11.3 Å². The summed E-state index contributed by atoms with van der Waals surface area (Å²) in [7, 11) is -1.93. The molecule has 1 aromatic heterocycles. The SMILES string of the molecule is Cc1ccc(CN)cc1S(=O)(=O)N(C)Cc1cc(Br)cs1. The Bertz CT molecular complexity index is 741. The Labute approximate surface area is 137 Å². The molecule has 0 amide bonds. The van der Waals surface area contributed by atoms with E-state index in [1.54, 1.807) is 26.1 Å². The number of benzene rings is 1. The van der Waals surface area contributed by atoms with Crippen molar-refractivity contribution in [1.82, 2.24) is 4.31 Å². The highest BCUT2D eigenvalue weighted by Crippen LogP contribution is 2.25. The van der Waals surface area contributed by atoms with E-state index in [2.05, 4.69) is 15.9 Å². The van der Waals surface area contributed by atoms with Gasteiger partial charge in [0.25, 0.3) is 0 Å². The lowest BCUT2D eigenvalue weighted by Gasteiger charge is -2.18. The zero-order chi connectivity index (χ0) is 15.6. The fourth-order valence-corrected chi connectivity index (χ4v) is 4.96. The number of nitrogens with zero attached hydrogens (tertiary/aromatic N) is 1. The molecule has 114 valence electrons. The molecule has 7 heteroatoms. The molecule has 4 nitrogen and oxygen atoms in total. The zero-order valence-electron chi connectivity index (χ0n) is 11.8. The van der Waals surface area contributed by atoms with Crippen LogP contribution in [0.5, 0.6) is 0 Å². The van der Waals surface area contributed by atoms with Gasteiger partial charge in [0.05, 0.1) is 4.90 Å². The third-order valence-electron chi connectivity index (χ3n) is 3.18. The van der Waals surface area contributed by atoms with Gasteiger partial charge < -0.3 is 5.73 Å². The Morgan fingerprint density at radius 3 is 2.62 bits per heavy atom. The zero-order valence-corrected chi connectivity index (χ0v) is 15.1. The average Bonchev–Trinajstić information content (AvgIpc) is 2.84. The summed E-state index contributed by atoms with van der Waals surface area (Å²) in [5.74, 6) is 0. The van der Waals surface area contributed by atoms with Gasteiger partial charge in [0.1, 0.15) is 0 Å². The molecule has 0 unspecified atom stereocenters. The third-order valence-corrected chi connectivity index (χ3v) is 6.80. The van der Waals surface area contributed by atoms with Gasteiger partial charge in [0, 0.05) is 34.9 Å². The van der Waals surface area contributed by atoms with E-state index in [9.17, 15) is 8.42 Å². The minimum absolute atomic E-state index is 0.323. The highest BCUT2D eigenvalue weighted by molar-refractivity contribution is 9.10. The van der Waals surface area contributed by atoms with E-state index in [4.69, 9.17) is 5.73 Å². The Hall–Kier alpha value is -0.730. The van der Waals surface area contributed by atoms with Crippen LogP contribution in [0.1, 0.15) is 16.0 Å². The molecule has 0 aliphatic carbocycles. The van der Waals surface area contributed by atoms with Crippen LogP contribution >= 0.6 is 27.3 Å². The molecular formula is C14H17BrN2O2S2. The van der Waals surface area contributed by atoms with Gasteiger partial charge in [0.2, 0.25) is 10.0 Å². The maximum Gasteiger partial charge on any atom is 0.243 e. The van der Waals surface area contributed by atoms with Crippen molar-refractivity contribution in [1.29, 1.82) is 0 Å². The van der Waals surface area contributed by atoms with E-state index in [-0.39, 0.29) is 0 Å². The van der Waals surface area contributed by atoms with Crippen molar-refractivity contribution in [3.8, 4) is 0 Å². The van der Waals surface area contributed by atoms with Crippen LogP contribution in [-0.4, -0.2) is 19.8 Å². The summed E-state index contributed by atoms with van der Waals surface area (Å²) < 4.78 is 27.8. The number of rotatable bonds is 5. The van der Waals surface area contributed by atoms with Gasteiger partial charge in [-0.1, -0.05) is 12.1 Å². The number of hydrogen-bond acceptors (Lipinski definition) is 4. The summed E-state index contributed by atoms with van der Waals surface area (Å²) in [6.45, 7) is 2.47. The molecule has 0 saturated carbocycles. The lowest BCUT2D eigenvalue weighted by atomic mass is 10.1. The molecular weight excluding hydrogens is 372 g/mol. The van der Waals surface area contributed by atoms with Crippen molar-refractivity contribution < 1.29 is 8.42 Å². The van der Waals surface area contributed by atoms with Crippen molar-refractivity contribution in [2.45, 2.75) is 24.9 Å². The molecule has 0 radical (unpaired) electrons. The monoisotopic (exact) mass is 388 g/mol. The molecule has 0 saturated heterocycles. The van der Waals surface area contributed by atoms with Gasteiger partial charge in [-0.3, -0.25) is 0 Å². The number of thiophene rings is 1. The van der Waals surface area contributed by atoms with Gasteiger partial charge >= 0.3 is 0 Å². The van der Waals surface area contributed by atoms with Crippen LogP contribution in [0.15, 0.2) is 39.0 Å². The third kappa shape index (κ3) is 3.73. The quantitative estimate of drug-likeness (QED) is 0.855. The number of nitrogens with two attached hydrogens (primary N) is 1. The van der Waals surface area contributed by atoms with E-state index in [0.717, 1.165) is 20.5 Å². The summed E-state index contributed by atoms with van der Waals surface area (Å²) >= 11 is 4.90. The summed E-state index contributed by atoms with van der Waals surface area (Å²) in [6, 6.07) is 7.24. The Balaban J connectivity index is 2.32. The second kappa shape index (κ2) is 6.58. The number of halogens is 1. The van der Waals surface area contributed by atoms with E-state index in [1.165, 1.54) is 15.6 Å². The van der Waals surface area contributed by atoms with Crippen LogP contribution in [0.4, 0.5) is 0 Å². The predicted molar refractivity (Wildman–Crippen MR) is 89.7 cm³/mol. The van der Waals surface area contributed by atoms with Crippen molar-refractivity contribution >= 4 is 37.3 Å². The first kappa shape index (κ1) is 16.6. The van der Waals surface area contributed by atoms with Gasteiger partial charge in [-0.05, 0) is 46.1 Å². The molecule has 0 fully saturated rings. The van der Waals surface area contributed by atoms with Crippen molar-refractivity contribution in [3.05, 3.63) is 50.1 Å². The lowest BCUT2D eigenvalue weighted by molar-refractivity contribution is 0.469. The van der Waals surface area contributed by atoms with Crippen LogP contribution < -0.4 is 5.73 Å². The summed E-state index contributed by atoms with van der Waals surface area (Å²) in [5.41, 5.74) is 7.14. The number of hydrogen-bond donors (Lipinski definition) is 1. The average molecular weight is 389 g/mol. The molecule has 0 atom stereocenters. The largest absolute Gasteiger partial charge is 0.326 e. The van der Waals surface area contributed by atoms with Crippen molar-refractivity contribution in [2.75, 3.05) is 7.05 Å². The van der Waals surface area contributed by atoms with Crippen LogP contribution in [0.25, 0.3) is 0 Å². The van der Waals surface area contributed by atoms with Crippen LogP contribution in [0, 0.1) is 6.92 Å². The molecule has 0 bridgehead atoms. The van der Waals surface area contributed by atoms with E-state index in [0.29, 0.717) is 18.0 Å². The number of aryl methyl sites for hydroxylation is 1. The van der Waals surface area contributed by atoms with E-state index in [1.807, 2.05) is 17.5 Å². The molecule has 1 aromatic carbocycles. The van der Waals surface area contributed by atoms with Gasteiger partial charge in [0.15, 0.2) is 0 Å². The normalized spacial score (nSPS) is 12.0. The van der Waals surface area contributed by atoms with Gasteiger partial charge in [-0.25, -0.2) is 8.42 Å². The first-order valence-corrected chi connectivity index (χ1v) is 9.44. The first-order valence-electron chi connectivity index (χ1n) is 6.33. The van der Waals surface area contributed by atoms with E-state index >= 15 is 0 Å². The highest BCUT2D eigenvalue weighted by atomic mass is 79.9. The first-order chi connectivity index (χ1) is 9.84. The molecule has 2 rings (SSSR count). The standard InChI is InChI=1S/C14H17BrN2O2S2/c1-10-3-4-11(7-16)5-14(10)21(18,19)17(2)8-13-6-12(15)9-20-13/h3-6,9H,7-8,16H2,1-2H3. The molecule has 0 aliphatic rings. The molecule has 2 aromatic rings. The molecule has 2 N–H and O–H groups in total. The molecule has 0 spiro atoms. The van der Waals surface area contributed by atoms with Crippen LogP contribution in [0.2, 0.25) is 0 Å². The maximum atomic E-state index is 12.7.